The molecule has 1 aliphatic carbocycles. The topological polar surface area (TPSA) is 72.9 Å². The van der Waals surface area contributed by atoms with E-state index in [-0.39, 0.29) is 11.8 Å². The number of rotatable bonds is 6. The SMILES string of the molecule is O=S(=O)(c1cccs1)N1CCN(c2ccc(O)cc2)[C@@H](CNC2CC2)C1. The van der Waals surface area contributed by atoms with E-state index < -0.39 is 10.0 Å². The van der Waals surface area contributed by atoms with Gasteiger partial charge in [0.05, 0.1) is 6.04 Å². The van der Waals surface area contributed by atoms with Gasteiger partial charge in [-0.15, -0.1) is 11.3 Å². The van der Waals surface area contributed by atoms with Crippen LogP contribution in [0.2, 0.25) is 0 Å². The molecule has 2 N–H and O–H groups in total. The van der Waals surface area contributed by atoms with Crippen molar-refractivity contribution in [3.05, 3.63) is 41.8 Å². The third-order valence-electron chi connectivity index (χ3n) is 4.94. The Morgan fingerprint density at radius 2 is 1.92 bits per heavy atom. The quantitative estimate of drug-likeness (QED) is 0.786. The first-order chi connectivity index (χ1) is 12.5. The molecule has 140 valence electrons. The van der Waals surface area contributed by atoms with Gasteiger partial charge in [0.25, 0.3) is 10.0 Å². The molecule has 8 heteroatoms. The highest BCUT2D eigenvalue weighted by Gasteiger charge is 2.35. The van der Waals surface area contributed by atoms with E-state index in [1.54, 1.807) is 34.0 Å². The van der Waals surface area contributed by atoms with E-state index >= 15 is 0 Å². The van der Waals surface area contributed by atoms with Crippen molar-refractivity contribution in [2.75, 3.05) is 31.1 Å². The van der Waals surface area contributed by atoms with Gasteiger partial charge in [0, 0.05) is 37.9 Å². The molecule has 2 aromatic rings. The lowest BCUT2D eigenvalue weighted by molar-refractivity contribution is 0.325. The third-order valence-corrected chi connectivity index (χ3v) is 8.17. The lowest BCUT2D eigenvalue weighted by atomic mass is 10.1. The van der Waals surface area contributed by atoms with E-state index in [9.17, 15) is 13.5 Å². The number of aromatic hydroxyl groups is 1. The molecule has 6 nitrogen and oxygen atoms in total. The van der Waals surface area contributed by atoms with Gasteiger partial charge >= 0.3 is 0 Å². The second-order valence-electron chi connectivity index (χ2n) is 6.84. The van der Waals surface area contributed by atoms with Crippen molar-refractivity contribution in [3.8, 4) is 5.75 Å². The minimum Gasteiger partial charge on any atom is -0.508 e. The molecule has 0 radical (unpaired) electrons. The molecule has 4 rings (SSSR count). The Kier molecular flexibility index (Phi) is 4.92. The summed E-state index contributed by atoms with van der Waals surface area (Å²) in [5.41, 5.74) is 1.01. The zero-order valence-corrected chi connectivity index (χ0v) is 16.0. The van der Waals surface area contributed by atoms with Crippen LogP contribution >= 0.6 is 11.3 Å². The lowest BCUT2D eigenvalue weighted by Gasteiger charge is -2.42. The van der Waals surface area contributed by atoms with E-state index in [0.29, 0.717) is 29.9 Å². The number of phenols is 1. The summed E-state index contributed by atoms with van der Waals surface area (Å²) in [6, 6.07) is 11.2. The van der Waals surface area contributed by atoms with E-state index in [2.05, 4.69) is 10.2 Å². The van der Waals surface area contributed by atoms with Crippen LogP contribution in [-0.2, 0) is 10.0 Å². The van der Waals surface area contributed by atoms with Crippen molar-refractivity contribution in [1.82, 2.24) is 9.62 Å². The first-order valence-electron chi connectivity index (χ1n) is 8.87. The van der Waals surface area contributed by atoms with Crippen LogP contribution < -0.4 is 10.2 Å². The fraction of sp³-hybridized carbons (Fsp3) is 0.444. The first-order valence-corrected chi connectivity index (χ1v) is 11.2. The van der Waals surface area contributed by atoms with E-state index in [4.69, 9.17) is 0 Å². The van der Waals surface area contributed by atoms with Crippen LogP contribution in [0, 0.1) is 0 Å². The number of anilines is 1. The normalized spacial score (nSPS) is 21.8. The average Bonchev–Trinajstić information content (AvgIpc) is 3.30. The van der Waals surface area contributed by atoms with Gasteiger partial charge < -0.3 is 15.3 Å². The maximum atomic E-state index is 12.9. The second-order valence-corrected chi connectivity index (χ2v) is 9.95. The molecule has 1 atom stereocenters. The molecule has 1 saturated carbocycles. The largest absolute Gasteiger partial charge is 0.508 e. The van der Waals surface area contributed by atoms with Crippen molar-refractivity contribution in [2.24, 2.45) is 0 Å². The molecule has 2 fully saturated rings. The third kappa shape index (κ3) is 3.73. The van der Waals surface area contributed by atoms with Gasteiger partial charge in [-0.2, -0.15) is 4.31 Å². The summed E-state index contributed by atoms with van der Waals surface area (Å²) < 4.78 is 27.8. The number of benzene rings is 1. The van der Waals surface area contributed by atoms with Crippen molar-refractivity contribution < 1.29 is 13.5 Å². The first kappa shape index (κ1) is 17.8. The Balaban J connectivity index is 1.54. The maximum absolute atomic E-state index is 12.9. The highest BCUT2D eigenvalue weighted by atomic mass is 32.2. The Morgan fingerprint density at radius 3 is 2.58 bits per heavy atom. The Bertz CT molecular complexity index is 833. The molecule has 2 aliphatic rings. The number of thiophene rings is 1. The summed E-state index contributed by atoms with van der Waals surface area (Å²) in [5.74, 6) is 0.236. The summed E-state index contributed by atoms with van der Waals surface area (Å²) in [6.45, 7) is 2.30. The fourth-order valence-electron chi connectivity index (χ4n) is 3.33. The molecule has 1 aliphatic heterocycles. The van der Waals surface area contributed by atoms with Gasteiger partial charge in [-0.3, -0.25) is 0 Å². The van der Waals surface area contributed by atoms with Crippen LogP contribution in [0.1, 0.15) is 12.8 Å². The number of nitrogens with one attached hydrogen (secondary N) is 1. The van der Waals surface area contributed by atoms with Gasteiger partial charge in [0.1, 0.15) is 9.96 Å². The van der Waals surface area contributed by atoms with E-state index in [0.717, 1.165) is 12.2 Å². The number of hydrogen-bond donors (Lipinski definition) is 2. The van der Waals surface area contributed by atoms with Gasteiger partial charge in [0.15, 0.2) is 0 Å². The minimum atomic E-state index is -3.43. The Labute approximate surface area is 158 Å². The van der Waals surface area contributed by atoms with Crippen molar-refractivity contribution >= 4 is 27.0 Å². The maximum Gasteiger partial charge on any atom is 0.252 e. The highest BCUT2D eigenvalue weighted by molar-refractivity contribution is 7.91. The molecule has 1 aromatic carbocycles. The van der Waals surface area contributed by atoms with E-state index in [1.165, 1.54) is 24.2 Å². The Morgan fingerprint density at radius 1 is 1.15 bits per heavy atom. The van der Waals surface area contributed by atoms with Crippen LogP contribution in [0.4, 0.5) is 5.69 Å². The average molecular weight is 394 g/mol. The van der Waals surface area contributed by atoms with Crippen molar-refractivity contribution in [1.29, 1.82) is 0 Å². The van der Waals surface area contributed by atoms with Crippen LogP contribution in [-0.4, -0.2) is 56.1 Å². The van der Waals surface area contributed by atoms with Gasteiger partial charge in [-0.05, 0) is 48.6 Å². The predicted molar refractivity (Wildman–Crippen MR) is 103 cm³/mol. The fourth-order valence-corrected chi connectivity index (χ4v) is 5.94. The summed E-state index contributed by atoms with van der Waals surface area (Å²) in [4.78, 5) is 2.25. The summed E-state index contributed by atoms with van der Waals surface area (Å²) >= 11 is 1.27. The predicted octanol–water partition coefficient (Wildman–Crippen LogP) is 2.09. The summed E-state index contributed by atoms with van der Waals surface area (Å²) in [7, 11) is -3.43. The molecule has 0 unspecified atom stereocenters. The standard InChI is InChI=1S/C18H23N3O3S2/c22-17-7-5-15(6-8-17)21-10-9-20(13-16(21)12-19-14-3-4-14)26(23,24)18-2-1-11-25-18/h1-2,5-8,11,14,16,19,22H,3-4,9-10,12-13H2/t16-/m0/s1. The molecule has 26 heavy (non-hydrogen) atoms. The molecule has 0 spiro atoms. The van der Waals surface area contributed by atoms with Gasteiger partial charge in [-0.25, -0.2) is 8.42 Å². The molecular weight excluding hydrogens is 370 g/mol. The van der Waals surface area contributed by atoms with Crippen molar-refractivity contribution in [2.45, 2.75) is 29.1 Å². The smallest absolute Gasteiger partial charge is 0.252 e. The van der Waals surface area contributed by atoms with E-state index in [1.807, 2.05) is 12.1 Å². The zero-order chi connectivity index (χ0) is 18.1. The lowest BCUT2D eigenvalue weighted by Crippen LogP contribution is -2.58. The minimum absolute atomic E-state index is 0.0589. The second kappa shape index (κ2) is 7.19. The molecule has 1 saturated heterocycles. The molecule has 0 bridgehead atoms. The van der Waals surface area contributed by atoms with Crippen LogP contribution in [0.3, 0.4) is 0 Å². The number of sulfonamides is 1. The summed E-state index contributed by atoms with van der Waals surface area (Å²) in [5, 5.41) is 14.9. The Hall–Kier alpha value is -1.61. The van der Waals surface area contributed by atoms with Crippen LogP contribution in [0.5, 0.6) is 5.75 Å². The zero-order valence-electron chi connectivity index (χ0n) is 14.4. The molecule has 2 heterocycles. The van der Waals surface area contributed by atoms with Crippen LogP contribution in [0.15, 0.2) is 46.0 Å². The van der Waals surface area contributed by atoms with Crippen LogP contribution in [0.25, 0.3) is 0 Å². The number of hydrogen-bond acceptors (Lipinski definition) is 6. The summed E-state index contributed by atoms with van der Waals surface area (Å²) in [6.07, 6.45) is 2.40. The number of piperazine rings is 1. The molecule has 1 aromatic heterocycles. The van der Waals surface area contributed by atoms with Crippen molar-refractivity contribution in [3.63, 3.8) is 0 Å². The molecule has 0 amide bonds. The van der Waals surface area contributed by atoms with Gasteiger partial charge in [0.2, 0.25) is 0 Å². The monoisotopic (exact) mass is 393 g/mol. The number of nitrogens with zero attached hydrogens (tertiary/aromatic N) is 2. The molecular formula is C18H23N3O3S2. The highest BCUT2D eigenvalue weighted by Crippen LogP contribution is 2.28. The van der Waals surface area contributed by atoms with Gasteiger partial charge in [-0.1, -0.05) is 6.07 Å². The number of phenolic OH excluding ortho intramolecular Hbond substituents is 1.